The highest BCUT2D eigenvalue weighted by atomic mass is 19.1. The van der Waals surface area contributed by atoms with Gasteiger partial charge in [0.25, 0.3) is 0 Å². The minimum atomic E-state index is -0.389. The van der Waals surface area contributed by atoms with Crippen LogP contribution in [-0.2, 0) is 9.59 Å². The maximum Gasteiger partial charge on any atom is 0.244 e. The number of hydrogen-bond acceptors (Lipinski definition) is 3. The van der Waals surface area contributed by atoms with Crippen LogP contribution in [0.4, 0.5) is 15.8 Å². The van der Waals surface area contributed by atoms with Gasteiger partial charge in [-0.25, -0.2) is 4.39 Å². The van der Waals surface area contributed by atoms with E-state index >= 15 is 0 Å². The number of rotatable bonds is 5. The predicted molar refractivity (Wildman–Crippen MR) is 90.8 cm³/mol. The molecular weight excluding hydrogens is 311 g/mol. The van der Waals surface area contributed by atoms with Gasteiger partial charge in [-0.3, -0.25) is 14.5 Å². The number of halogens is 1. The molecule has 0 bridgehead atoms. The Morgan fingerprint density at radius 3 is 2.42 bits per heavy atom. The highest BCUT2D eigenvalue weighted by molar-refractivity contribution is 6.02. The maximum atomic E-state index is 12.9. The number of hydrogen-bond donors (Lipinski definition) is 1. The van der Waals surface area contributed by atoms with Crippen molar-refractivity contribution in [2.24, 2.45) is 0 Å². The summed E-state index contributed by atoms with van der Waals surface area (Å²) < 4.78 is 18.2. The molecule has 1 N–H and O–H groups in total. The maximum absolute atomic E-state index is 12.9. The smallest absolute Gasteiger partial charge is 0.244 e. The van der Waals surface area contributed by atoms with Crippen LogP contribution in [0, 0.1) is 12.7 Å². The zero-order valence-corrected chi connectivity index (χ0v) is 13.8. The zero-order chi connectivity index (χ0) is 17.7. The first kappa shape index (κ1) is 17.5. The van der Waals surface area contributed by atoms with E-state index < -0.39 is 0 Å². The number of benzene rings is 2. The summed E-state index contributed by atoms with van der Waals surface area (Å²) in [7, 11) is 1.51. The molecule has 0 spiro atoms. The molecule has 5 nitrogen and oxygen atoms in total. The first-order chi connectivity index (χ1) is 11.4. The Morgan fingerprint density at radius 2 is 1.83 bits per heavy atom. The Morgan fingerprint density at radius 1 is 1.17 bits per heavy atom. The zero-order valence-electron chi connectivity index (χ0n) is 13.8. The molecular formula is C18H19FN2O3. The van der Waals surface area contributed by atoms with E-state index in [1.807, 2.05) is 13.0 Å². The summed E-state index contributed by atoms with van der Waals surface area (Å²) in [6.45, 7) is 3.10. The molecule has 0 unspecified atom stereocenters. The second-order valence-electron chi connectivity index (χ2n) is 5.34. The molecule has 0 aromatic heterocycles. The van der Waals surface area contributed by atoms with E-state index in [1.54, 1.807) is 12.1 Å². The van der Waals surface area contributed by atoms with Crippen LogP contribution < -0.4 is 15.0 Å². The number of nitrogens with zero attached hydrogens (tertiary/aromatic N) is 1. The van der Waals surface area contributed by atoms with E-state index in [-0.39, 0.29) is 24.2 Å². The average molecular weight is 330 g/mol. The minimum absolute atomic E-state index is 0.174. The summed E-state index contributed by atoms with van der Waals surface area (Å²) in [6.07, 6.45) is 0. The quantitative estimate of drug-likeness (QED) is 0.916. The molecule has 0 fully saturated rings. The van der Waals surface area contributed by atoms with Gasteiger partial charge in [-0.2, -0.15) is 0 Å². The number of nitrogens with one attached hydrogen (secondary N) is 1. The van der Waals surface area contributed by atoms with Gasteiger partial charge in [-0.15, -0.1) is 0 Å². The van der Waals surface area contributed by atoms with Crippen LogP contribution >= 0.6 is 0 Å². The van der Waals surface area contributed by atoms with Crippen molar-refractivity contribution in [3.8, 4) is 5.75 Å². The number of anilines is 2. The first-order valence-electron chi connectivity index (χ1n) is 7.39. The second kappa shape index (κ2) is 7.59. The topological polar surface area (TPSA) is 58.6 Å². The van der Waals surface area contributed by atoms with Crippen molar-refractivity contribution in [1.29, 1.82) is 0 Å². The number of amides is 2. The van der Waals surface area contributed by atoms with E-state index in [0.29, 0.717) is 17.1 Å². The lowest BCUT2D eigenvalue weighted by Gasteiger charge is -2.23. The Bertz CT molecular complexity index is 744. The van der Waals surface area contributed by atoms with Crippen LogP contribution in [0.1, 0.15) is 12.5 Å². The Balaban J connectivity index is 2.19. The van der Waals surface area contributed by atoms with E-state index in [0.717, 1.165) is 5.56 Å². The number of carbonyl (C=O) groups is 2. The third-order valence-electron chi connectivity index (χ3n) is 3.43. The lowest BCUT2D eigenvalue weighted by Crippen LogP contribution is -2.37. The van der Waals surface area contributed by atoms with Gasteiger partial charge in [0.05, 0.1) is 12.8 Å². The van der Waals surface area contributed by atoms with Gasteiger partial charge in [0.2, 0.25) is 11.8 Å². The van der Waals surface area contributed by atoms with Crippen LogP contribution in [0.15, 0.2) is 42.5 Å². The summed E-state index contributed by atoms with van der Waals surface area (Å²) in [6, 6.07) is 10.8. The molecule has 0 aliphatic carbocycles. The number of carbonyl (C=O) groups excluding carboxylic acids is 2. The van der Waals surface area contributed by atoms with Crippen molar-refractivity contribution >= 4 is 23.2 Å². The van der Waals surface area contributed by atoms with E-state index in [1.165, 1.54) is 43.2 Å². The van der Waals surface area contributed by atoms with Gasteiger partial charge in [0, 0.05) is 12.6 Å². The second-order valence-corrected chi connectivity index (χ2v) is 5.34. The standard InChI is InChI=1S/C18H19FN2O3/c1-12-4-9-17(24-3)16(10-12)21(13(2)22)11-18(23)20-15-7-5-14(19)6-8-15/h4-10H,11H2,1-3H3,(H,20,23). The Kier molecular flexibility index (Phi) is 5.52. The molecule has 2 amide bonds. The van der Waals surface area contributed by atoms with E-state index in [4.69, 9.17) is 4.74 Å². The van der Waals surface area contributed by atoms with E-state index in [2.05, 4.69) is 5.32 Å². The molecule has 0 radical (unpaired) electrons. The third kappa shape index (κ3) is 4.32. The minimum Gasteiger partial charge on any atom is -0.495 e. The molecule has 0 saturated heterocycles. The van der Waals surface area contributed by atoms with Crippen LogP contribution in [-0.4, -0.2) is 25.5 Å². The SMILES string of the molecule is COc1ccc(C)cc1N(CC(=O)Nc1ccc(F)cc1)C(C)=O. The lowest BCUT2D eigenvalue weighted by molar-refractivity contribution is -0.120. The molecule has 0 aliphatic heterocycles. The Labute approximate surface area is 140 Å². The van der Waals surface area contributed by atoms with Gasteiger partial charge in [-0.05, 0) is 48.9 Å². The summed E-state index contributed by atoms with van der Waals surface area (Å²) in [5.74, 6) is -0.554. The molecule has 2 aromatic rings. The molecule has 0 heterocycles. The van der Waals surface area contributed by atoms with Gasteiger partial charge in [-0.1, -0.05) is 6.07 Å². The monoisotopic (exact) mass is 330 g/mol. The third-order valence-corrected chi connectivity index (χ3v) is 3.43. The summed E-state index contributed by atoms with van der Waals surface area (Å²) in [5.41, 5.74) is 1.93. The Hall–Kier alpha value is -2.89. The predicted octanol–water partition coefficient (Wildman–Crippen LogP) is 3.13. The largest absolute Gasteiger partial charge is 0.495 e. The van der Waals surface area contributed by atoms with Crippen molar-refractivity contribution < 1.29 is 18.7 Å². The fourth-order valence-corrected chi connectivity index (χ4v) is 2.25. The van der Waals surface area contributed by atoms with Crippen LogP contribution in [0.25, 0.3) is 0 Å². The van der Waals surface area contributed by atoms with Crippen LogP contribution in [0.5, 0.6) is 5.75 Å². The number of methoxy groups -OCH3 is 1. The van der Waals surface area contributed by atoms with Crippen molar-refractivity contribution in [3.05, 3.63) is 53.8 Å². The van der Waals surface area contributed by atoms with Crippen molar-refractivity contribution in [2.45, 2.75) is 13.8 Å². The average Bonchev–Trinajstić information content (AvgIpc) is 2.54. The molecule has 0 atom stereocenters. The normalized spacial score (nSPS) is 10.2. The molecule has 0 aliphatic rings. The van der Waals surface area contributed by atoms with Crippen LogP contribution in [0.3, 0.4) is 0 Å². The van der Waals surface area contributed by atoms with Gasteiger partial charge in [0.15, 0.2) is 0 Å². The molecule has 0 saturated carbocycles. The highest BCUT2D eigenvalue weighted by Gasteiger charge is 2.19. The molecule has 6 heteroatoms. The number of aryl methyl sites for hydroxylation is 1. The summed E-state index contributed by atoms with van der Waals surface area (Å²) >= 11 is 0. The van der Waals surface area contributed by atoms with Crippen molar-refractivity contribution in [3.63, 3.8) is 0 Å². The molecule has 126 valence electrons. The first-order valence-corrected chi connectivity index (χ1v) is 7.39. The lowest BCUT2D eigenvalue weighted by atomic mass is 10.2. The molecule has 2 aromatic carbocycles. The van der Waals surface area contributed by atoms with Crippen LogP contribution in [0.2, 0.25) is 0 Å². The summed E-state index contributed by atoms with van der Waals surface area (Å²) in [4.78, 5) is 25.6. The van der Waals surface area contributed by atoms with Crippen molar-refractivity contribution in [1.82, 2.24) is 0 Å². The van der Waals surface area contributed by atoms with Gasteiger partial charge < -0.3 is 10.1 Å². The number of ether oxygens (including phenoxy) is 1. The van der Waals surface area contributed by atoms with Gasteiger partial charge >= 0.3 is 0 Å². The van der Waals surface area contributed by atoms with Gasteiger partial charge in [0.1, 0.15) is 18.1 Å². The fourth-order valence-electron chi connectivity index (χ4n) is 2.25. The van der Waals surface area contributed by atoms with E-state index in [9.17, 15) is 14.0 Å². The molecule has 24 heavy (non-hydrogen) atoms. The van der Waals surface area contributed by atoms with Crippen molar-refractivity contribution in [2.75, 3.05) is 23.9 Å². The highest BCUT2D eigenvalue weighted by Crippen LogP contribution is 2.29. The summed E-state index contributed by atoms with van der Waals surface area (Å²) in [5, 5.41) is 2.64. The molecule has 2 rings (SSSR count). The fraction of sp³-hybridized carbons (Fsp3) is 0.222.